The second-order valence-corrected chi connectivity index (χ2v) is 3.65. The fourth-order valence-electron chi connectivity index (χ4n) is 1.67. The predicted octanol–water partition coefficient (Wildman–Crippen LogP) is 3.22. The van der Waals surface area contributed by atoms with Crippen molar-refractivity contribution in [2.45, 2.75) is 0 Å². The van der Waals surface area contributed by atoms with Gasteiger partial charge in [-0.25, -0.2) is 4.79 Å². The van der Waals surface area contributed by atoms with Crippen LogP contribution >= 0.6 is 0 Å². The van der Waals surface area contributed by atoms with Crippen LogP contribution in [0.15, 0.2) is 48.5 Å². The van der Waals surface area contributed by atoms with Gasteiger partial charge in [-0.2, -0.15) is 0 Å². The molecular formula is C14H13NO3. The molecule has 0 unspecified atom stereocenters. The number of para-hydroxylation sites is 2. The summed E-state index contributed by atoms with van der Waals surface area (Å²) in [5.74, 6) is 0.165. The molecule has 0 heterocycles. The highest BCUT2D eigenvalue weighted by molar-refractivity contribution is 5.96. The maximum absolute atomic E-state index is 11.1. The van der Waals surface area contributed by atoms with Crippen LogP contribution in [0.25, 0.3) is 0 Å². The number of carboxylic acids is 1. The molecule has 0 amide bonds. The van der Waals surface area contributed by atoms with Gasteiger partial charge in [0.05, 0.1) is 11.3 Å². The third kappa shape index (κ3) is 2.43. The van der Waals surface area contributed by atoms with Crippen molar-refractivity contribution in [3.63, 3.8) is 0 Å². The van der Waals surface area contributed by atoms with E-state index in [-0.39, 0.29) is 5.56 Å². The van der Waals surface area contributed by atoms with Gasteiger partial charge in [0.15, 0.2) is 5.75 Å². The van der Waals surface area contributed by atoms with Crippen molar-refractivity contribution in [2.75, 3.05) is 12.4 Å². The highest BCUT2D eigenvalue weighted by Crippen LogP contribution is 2.32. The van der Waals surface area contributed by atoms with E-state index in [1.165, 1.54) is 6.07 Å². The maximum Gasteiger partial charge on any atom is 0.337 e. The quantitative estimate of drug-likeness (QED) is 0.865. The lowest BCUT2D eigenvalue weighted by Crippen LogP contribution is -2.04. The Hall–Kier alpha value is -2.49. The third-order valence-electron chi connectivity index (χ3n) is 2.48. The van der Waals surface area contributed by atoms with Gasteiger partial charge < -0.3 is 15.2 Å². The summed E-state index contributed by atoms with van der Waals surface area (Å²) in [5.41, 5.74) is 0.653. The summed E-state index contributed by atoms with van der Waals surface area (Å²) in [7, 11) is 1.67. The van der Waals surface area contributed by atoms with E-state index in [1.54, 1.807) is 19.2 Å². The lowest BCUT2D eigenvalue weighted by atomic mass is 10.1. The molecule has 4 nitrogen and oxygen atoms in total. The summed E-state index contributed by atoms with van der Waals surface area (Å²) in [6.45, 7) is 0. The third-order valence-corrected chi connectivity index (χ3v) is 2.48. The lowest BCUT2D eigenvalue weighted by molar-refractivity contribution is 0.0697. The van der Waals surface area contributed by atoms with Crippen molar-refractivity contribution in [3.05, 3.63) is 54.1 Å². The molecule has 0 aliphatic heterocycles. The minimum atomic E-state index is -0.988. The van der Waals surface area contributed by atoms with Gasteiger partial charge in [0.2, 0.25) is 0 Å². The first-order valence-corrected chi connectivity index (χ1v) is 5.49. The summed E-state index contributed by atoms with van der Waals surface area (Å²) in [6.07, 6.45) is 0. The smallest absolute Gasteiger partial charge is 0.337 e. The highest BCUT2D eigenvalue weighted by Gasteiger charge is 2.13. The van der Waals surface area contributed by atoms with Crippen molar-refractivity contribution < 1.29 is 14.6 Å². The Labute approximate surface area is 105 Å². The van der Waals surface area contributed by atoms with Crippen LogP contribution in [0.1, 0.15) is 10.4 Å². The molecule has 0 fully saturated rings. The molecule has 92 valence electrons. The molecule has 0 aliphatic carbocycles. The van der Waals surface area contributed by atoms with Crippen LogP contribution < -0.4 is 10.1 Å². The van der Waals surface area contributed by atoms with E-state index in [2.05, 4.69) is 5.32 Å². The van der Waals surface area contributed by atoms with Gasteiger partial charge in [-0.15, -0.1) is 0 Å². The summed E-state index contributed by atoms with van der Waals surface area (Å²) >= 11 is 0. The van der Waals surface area contributed by atoms with Crippen molar-refractivity contribution in [2.24, 2.45) is 0 Å². The van der Waals surface area contributed by atoms with E-state index < -0.39 is 5.97 Å². The van der Waals surface area contributed by atoms with Crippen LogP contribution in [0.4, 0.5) is 5.69 Å². The van der Waals surface area contributed by atoms with Gasteiger partial charge in [-0.1, -0.05) is 24.3 Å². The second-order valence-electron chi connectivity index (χ2n) is 3.65. The van der Waals surface area contributed by atoms with E-state index >= 15 is 0 Å². The monoisotopic (exact) mass is 243 g/mol. The zero-order chi connectivity index (χ0) is 13.0. The van der Waals surface area contributed by atoms with Gasteiger partial charge in [0.1, 0.15) is 5.75 Å². The van der Waals surface area contributed by atoms with E-state index in [0.29, 0.717) is 17.2 Å². The van der Waals surface area contributed by atoms with Gasteiger partial charge in [-0.05, 0) is 24.3 Å². The lowest BCUT2D eigenvalue weighted by Gasteiger charge is -2.12. The molecule has 4 heteroatoms. The predicted molar refractivity (Wildman–Crippen MR) is 69.5 cm³/mol. The molecular weight excluding hydrogens is 230 g/mol. The number of hydrogen-bond acceptors (Lipinski definition) is 3. The zero-order valence-electron chi connectivity index (χ0n) is 9.88. The van der Waals surface area contributed by atoms with Crippen LogP contribution in [0.5, 0.6) is 11.5 Å². The summed E-state index contributed by atoms with van der Waals surface area (Å²) in [4.78, 5) is 11.1. The van der Waals surface area contributed by atoms with Gasteiger partial charge in [-0.3, -0.25) is 0 Å². The fourth-order valence-corrected chi connectivity index (χ4v) is 1.67. The number of nitrogens with one attached hydrogen (secondary N) is 1. The SMILES string of the molecule is CNc1c(Oc2ccccc2)cccc1C(=O)O. The summed E-state index contributed by atoms with van der Waals surface area (Å²) in [5, 5.41) is 12.0. The Kier molecular flexibility index (Phi) is 3.48. The second kappa shape index (κ2) is 5.23. The first-order chi connectivity index (χ1) is 8.72. The average Bonchev–Trinajstić information content (AvgIpc) is 2.39. The Morgan fingerprint density at radius 2 is 1.83 bits per heavy atom. The molecule has 2 rings (SSSR count). The molecule has 0 spiro atoms. The zero-order valence-corrected chi connectivity index (χ0v) is 9.88. The number of hydrogen-bond donors (Lipinski definition) is 2. The van der Waals surface area contributed by atoms with Crippen LogP contribution in [-0.4, -0.2) is 18.1 Å². The van der Waals surface area contributed by atoms with Crippen molar-refractivity contribution in [1.82, 2.24) is 0 Å². The van der Waals surface area contributed by atoms with E-state index in [0.717, 1.165) is 0 Å². The van der Waals surface area contributed by atoms with Crippen LogP contribution in [0.3, 0.4) is 0 Å². The number of aromatic carboxylic acids is 1. The van der Waals surface area contributed by atoms with E-state index in [1.807, 2.05) is 30.3 Å². The standard InChI is InChI=1S/C14H13NO3/c1-15-13-11(14(16)17)8-5-9-12(13)18-10-6-3-2-4-7-10/h2-9,15H,1H3,(H,16,17). The first-order valence-electron chi connectivity index (χ1n) is 5.49. The van der Waals surface area contributed by atoms with Crippen LogP contribution in [0, 0.1) is 0 Å². The normalized spacial score (nSPS) is 9.83. The molecule has 2 aromatic carbocycles. The van der Waals surface area contributed by atoms with Gasteiger partial charge >= 0.3 is 5.97 Å². The molecule has 0 atom stereocenters. The minimum absolute atomic E-state index is 0.186. The van der Waals surface area contributed by atoms with Gasteiger partial charge in [0.25, 0.3) is 0 Å². The number of carboxylic acid groups (broad SMARTS) is 1. The molecule has 2 N–H and O–H groups in total. The summed E-state index contributed by atoms with van der Waals surface area (Å²) < 4.78 is 5.67. The Bertz CT molecular complexity index is 552. The molecule has 2 aromatic rings. The Morgan fingerprint density at radius 1 is 1.11 bits per heavy atom. The van der Waals surface area contributed by atoms with E-state index in [9.17, 15) is 4.79 Å². The summed E-state index contributed by atoms with van der Waals surface area (Å²) in [6, 6.07) is 14.1. The molecule has 18 heavy (non-hydrogen) atoms. The van der Waals surface area contributed by atoms with Crippen molar-refractivity contribution in [3.8, 4) is 11.5 Å². The Morgan fingerprint density at radius 3 is 2.44 bits per heavy atom. The minimum Gasteiger partial charge on any atom is -0.478 e. The van der Waals surface area contributed by atoms with Crippen LogP contribution in [0.2, 0.25) is 0 Å². The molecule has 0 aliphatic rings. The molecule has 0 saturated carbocycles. The topological polar surface area (TPSA) is 58.6 Å². The number of rotatable bonds is 4. The van der Waals surface area contributed by atoms with E-state index in [4.69, 9.17) is 9.84 Å². The van der Waals surface area contributed by atoms with Gasteiger partial charge in [0, 0.05) is 7.05 Å². The molecule has 0 saturated heterocycles. The first kappa shape index (κ1) is 12.0. The molecule has 0 bridgehead atoms. The highest BCUT2D eigenvalue weighted by atomic mass is 16.5. The fraction of sp³-hybridized carbons (Fsp3) is 0.0714. The Balaban J connectivity index is 2.39. The number of ether oxygens (including phenoxy) is 1. The molecule has 0 radical (unpaired) electrons. The van der Waals surface area contributed by atoms with Crippen LogP contribution in [-0.2, 0) is 0 Å². The average molecular weight is 243 g/mol. The van der Waals surface area contributed by atoms with Crippen molar-refractivity contribution >= 4 is 11.7 Å². The number of carbonyl (C=O) groups is 1. The molecule has 0 aromatic heterocycles. The largest absolute Gasteiger partial charge is 0.478 e. The number of benzene rings is 2. The number of anilines is 1. The van der Waals surface area contributed by atoms with Crippen molar-refractivity contribution in [1.29, 1.82) is 0 Å². The maximum atomic E-state index is 11.1.